The normalized spacial score (nSPS) is 12.3. The fourth-order valence-corrected chi connectivity index (χ4v) is 3.70. The van der Waals surface area contributed by atoms with Crippen molar-refractivity contribution in [1.82, 2.24) is 14.5 Å². The number of fused-ring (bicyclic) bond motifs is 1. The van der Waals surface area contributed by atoms with Crippen LogP contribution in [0.3, 0.4) is 0 Å². The van der Waals surface area contributed by atoms with Gasteiger partial charge in [0.25, 0.3) is 5.56 Å². The summed E-state index contributed by atoms with van der Waals surface area (Å²) in [6.07, 6.45) is 5.63. The molecule has 5 nitrogen and oxygen atoms in total. The van der Waals surface area contributed by atoms with Crippen molar-refractivity contribution in [2.75, 3.05) is 6.54 Å². The number of aromatic nitrogens is 2. The molecule has 0 bridgehead atoms. The highest BCUT2D eigenvalue weighted by Gasteiger charge is 2.26. The minimum atomic E-state index is -0.175. The summed E-state index contributed by atoms with van der Waals surface area (Å²) in [7, 11) is 0. The van der Waals surface area contributed by atoms with Gasteiger partial charge in [-0.2, -0.15) is 0 Å². The first kappa shape index (κ1) is 21.1. The zero-order valence-electron chi connectivity index (χ0n) is 17.2. The maximum absolute atomic E-state index is 12.9. The Morgan fingerprint density at radius 2 is 1.85 bits per heavy atom. The van der Waals surface area contributed by atoms with Gasteiger partial charge in [-0.05, 0) is 38.8 Å². The van der Waals surface area contributed by atoms with Gasteiger partial charge in [-0.1, -0.05) is 45.2 Å². The molecule has 1 heterocycles. The lowest BCUT2D eigenvalue weighted by molar-refractivity contribution is -0.134. The van der Waals surface area contributed by atoms with E-state index in [1.165, 1.54) is 0 Å². The van der Waals surface area contributed by atoms with Crippen LogP contribution < -0.4 is 5.56 Å². The monoisotopic (exact) mass is 371 g/mol. The molecule has 0 fully saturated rings. The standard InChI is InChI=1S/C22H33N3O2/c1-5-9-10-11-16-20(26)24(7-3)19(6-2)21-23-18-15-13-12-14-17(18)22(27)25(21)8-4/h12-15,19H,5-11,16H2,1-4H3. The van der Waals surface area contributed by atoms with Crippen molar-refractivity contribution >= 4 is 16.8 Å². The average molecular weight is 372 g/mol. The van der Waals surface area contributed by atoms with E-state index in [0.29, 0.717) is 36.2 Å². The van der Waals surface area contributed by atoms with E-state index in [1.807, 2.05) is 43.0 Å². The predicted octanol–water partition coefficient (Wildman–Crippen LogP) is 4.69. The van der Waals surface area contributed by atoms with E-state index in [1.54, 1.807) is 4.57 Å². The predicted molar refractivity (Wildman–Crippen MR) is 111 cm³/mol. The Balaban J connectivity index is 2.39. The van der Waals surface area contributed by atoms with Crippen LogP contribution in [0.25, 0.3) is 10.9 Å². The van der Waals surface area contributed by atoms with Crippen molar-refractivity contribution in [1.29, 1.82) is 0 Å². The first-order valence-corrected chi connectivity index (χ1v) is 10.4. The quantitative estimate of drug-likeness (QED) is 0.570. The van der Waals surface area contributed by atoms with Crippen molar-refractivity contribution in [3.05, 3.63) is 40.4 Å². The van der Waals surface area contributed by atoms with Gasteiger partial charge in [0.15, 0.2) is 0 Å². The minimum Gasteiger partial charge on any atom is -0.333 e. The molecule has 0 spiro atoms. The van der Waals surface area contributed by atoms with E-state index in [-0.39, 0.29) is 17.5 Å². The van der Waals surface area contributed by atoms with Crippen LogP contribution in [0.2, 0.25) is 0 Å². The Kier molecular flexibility index (Phi) is 8.01. The topological polar surface area (TPSA) is 55.2 Å². The number of hydrogen-bond acceptors (Lipinski definition) is 3. The van der Waals surface area contributed by atoms with Gasteiger partial charge >= 0.3 is 0 Å². The molecule has 0 aliphatic rings. The number of nitrogens with zero attached hydrogens (tertiary/aromatic N) is 3. The number of para-hydroxylation sites is 1. The van der Waals surface area contributed by atoms with Crippen molar-refractivity contribution in [2.45, 2.75) is 78.8 Å². The molecule has 2 aromatic rings. The largest absolute Gasteiger partial charge is 0.333 e. The lowest BCUT2D eigenvalue weighted by Crippen LogP contribution is -2.38. The van der Waals surface area contributed by atoms with Gasteiger partial charge in [-0.15, -0.1) is 0 Å². The van der Waals surface area contributed by atoms with Crippen molar-refractivity contribution in [3.63, 3.8) is 0 Å². The first-order valence-electron chi connectivity index (χ1n) is 10.4. The second-order valence-electron chi connectivity index (χ2n) is 6.95. The number of carbonyl (C=O) groups is 1. The van der Waals surface area contributed by atoms with Gasteiger partial charge in [0.05, 0.1) is 16.9 Å². The molecule has 27 heavy (non-hydrogen) atoms. The van der Waals surface area contributed by atoms with Crippen LogP contribution in [-0.2, 0) is 11.3 Å². The van der Waals surface area contributed by atoms with E-state index >= 15 is 0 Å². The molecule has 1 aromatic carbocycles. The van der Waals surface area contributed by atoms with Crippen LogP contribution in [0.4, 0.5) is 0 Å². The molecule has 0 radical (unpaired) electrons. The number of rotatable bonds is 10. The van der Waals surface area contributed by atoms with Crippen molar-refractivity contribution in [2.24, 2.45) is 0 Å². The average Bonchev–Trinajstić information content (AvgIpc) is 2.69. The lowest BCUT2D eigenvalue weighted by atomic mass is 10.1. The maximum Gasteiger partial charge on any atom is 0.261 e. The van der Waals surface area contributed by atoms with Crippen LogP contribution in [-0.4, -0.2) is 26.9 Å². The third-order valence-electron chi connectivity index (χ3n) is 5.17. The molecule has 0 aliphatic carbocycles. The third-order valence-corrected chi connectivity index (χ3v) is 5.17. The zero-order valence-corrected chi connectivity index (χ0v) is 17.2. The van der Waals surface area contributed by atoms with Crippen LogP contribution in [0, 0.1) is 0 Å². The number of benzene rings is 1. The summed E-state index contributed by atoms with van der Waals surface area (Å²) in [5, 5.41) is 0.631. The summed E-state index contributed by atoms with van der Waals surface area (Å²) in [4.78, 5) is 32.5. The highest BCUT2D eigenvalue weighted by molar-refractivity contribution is 5.78. The van der Waals surface area contributed by atoms with Crippen LogP contribution in [0.15, 0.2) is 29.1 Å². The van der Waals surface area contributed by atoms with Crippen LogP contribution >= 0.6 is 0 Å². The molecular weight excluding hydrogens is 338 g/mol. The summed E-state index contributed by atoms with van der Waals surface area (Å²) in [5.41, 5.74) is 0.676. The Morgan fingerprint density at radius 3 is 2.48 bits per heavy atom. The summed E-state index contributed by atoms with van der Waals surface area (Å²) < 4.78 is 1.73. The first-order chi connectivity index (χ1) is 13.1. The minimum absolute atomic E-state index is 0.0250. The number of amides is 1. The second-order valence-corrected chi connectivity index (χ2v) is 6.95. The van der Waals surface area contributed by atoms with E-state index in [9.17, 15) is 9.59 Å². The van der Waals surface area contributed by atoms with Gasteiger partial charge in [0.1, 0.15) is 5.82 Å². The Hall–Kier alpha value is -2.17. The molecule has 148 valence electrons. The number of unbranched alkanes of at least 4 members (excludes halogenated alkanes) is 3. The highest BCUT2D eigenvalue weighted by atomic mass is 16.2. The van der Waals surface area contributed by atoms with Gasteiger partial charge in [-0.25, -0.2) is 4.98 Å². The van der Waals surface area contributed by atoms with E-state index in [0.717, 1.165) is 32.1 Å². The van der Waals surface area contributed by atoms with Crippen molar-refractivity contribution < 1.29 is 4.79 Å². The SMILES string of the molecule is CCCCCCC(=O)N(CC)C(CC)c1nc2ccccc2c(=O)n1CC. The van der Waals surface area contributed by atoms with Gasteiger partial charge < -0.3 is 4.90 Å². The lowest BCUT2D eigenvalue weighted by Gasteiger charge is -2.31. The Morgan fingerprint density at radius 1 is 1.11 bits per heavy atom. The molecule has 2 rings (SSSR count). The number of carbonyl (C=O) groups excluding carboxylic acids is 1. The van der Waals surface area contributed by atoms with Crippen molar-refractivity contribution in [3.8, 4) is 0 Å². The highest BCUT2D eigenvalue weighted by Crippen LogP contribution is 2.25. The molecule has 1 unspecified atom stereocenters. The fraction of sp³-hybridized carbons (Fsp3) is 0.591. The molecule has 0 saturated carbocycles. The fourth-order valence-electron chi connectivity index (χ4n) is 3.70. The molecule has 1 aromatic heterocycles. The molecule has 0 saturated heterocycles. The zero-order chi connectivity index (χ0) is 19.8. The number of hydrogen-bond donors (Lipinski definition) is 0. The molecule has 0 aliphatic heterocycles. The molecule has 5 heteroatoms. The summed E-state index contributed by atoms with van der Waals surface area (Å²) in [6, 6.07) is 7.27. The molecular formula is C22H33N3O2. The third kappa shape index (κ3) is 4.76. The maximum atomic E-state index is 12.9. The molecule has 0 N–H and O–H groups in total. The van der Waals surface area contributed by atoms with Crippen LogP contribution in [0.1, 0.15) is 78.1 Å². The van der Waals surface area contributed by atoms with Crippen LogP contribution in [0.5, 0.6) is 0 Å². The Bertz CT molecular complexity index is 813. The summed E-state index contributed by atoms with van der Waals surface area (Å²) >= 11 is 0. The van der Waals surface area contributed by atoms with Gasteiger partial charge in [0, 0.05) is 19.5 Å². The summed E-state index contributed by atoms with van der Waals surface area (Å²) in [5.74, 6) is 0.859. The molecule has 1 amide bonds. The van der Waals surface area contributed by atoms with E-state index in [4.69, 9.17) is 4.98 Å². The van der Waals surface area contributed by atoms with E-state index in [2.05, 4.69) is 13.8 Å². The smallest absolute Gasteiger partial charge is 0.261 e. The van der Waals surface area contributed by atoms with Gasteiger partial charge in [-0.3, -0.25) is 14.2 Å². The van der Waals surface area contributed by atoms with E-state index < -0.39 is 0 Å². The van der Waals surface area contributed by atoms with Gasteiger partial charge in [0.2, 0.25) is 5.91 Å². The Labute approximate surface area is 162 Å². The molecule has 1 atom stereocenters. The summed E-state index contributed by atoms with van der Waals surface area (Å²) in [6.45, 7) is 9.35. The second kappa shape index (κ2) is 10.2.